The van der Waals surface area contributed by atoms with E-state index in [-0.39, 0.29) is 32.1 Å². The summed E-state index contributed by atoms with van der Waals surface area (Å²) in [6.45, 7) is 2.33. The van der Waals surface area contributed by atoms with E-state index >= 15 is 0 Å². The number of ether oxygens (including phenoxy) is 2. The Morgan fingerprint density at radius 2 is 2.06 bits per heavy atom. The summed E-state index contributed by atoms with van der Waals surface area (Å²) in [5, 5.41) is 10.9. The van der Waals surface area contributed by atoms with Gasteiger partial charge in [-0.05, 0) is 0 Å². The molecular weight excluding hydrogens is 228 g/mol. The topological polar surface area (TPSA) is 88.1 Å². The predicted octanol–water partition coefficient (Wildman–Crippen LogP) is -1.05. The van der Waals surface area contributed by atoms with Crippen molar-refractivity contribution >= 4 is 12.0 Å². The molecule has 0 radical (unpaired) electrons. The summed E-state index contributed by atoms with van der Waals surface area (Å²) in [5.74, 6) is -0.00393. The lowest BCUT2D eigenvalue weighted by atomic mass is 10.3. The Morgan fingerprint density at radius 1 is 1.35 bits per heavy atom. The molecule has 1 fully saturated rings. The zero-order chi connectivity index (χ0) is 12.5. The zero-order valence-corrected chi connectivity index (χ0v) is 9.68. The molecule has 0 aromatic rings. The van der Waals surface area contributed by atoms with Crippen LogP contribution in [0.1, 0.15) is 6.42 Å². The van der Waals surface area contributed by atoms with E-state index in [0.717, 1.165) is 0 Å². The molecule has 0 aromatic carbocycles. The third kappa shape index (κ3) is 5.50. The molecule has 1 saturated heterocycles. The molecule has 0 bridgehead atoms. The van der Waals surface area contributed by atoms with Gasteiger partial charge in [-0.3, -0.25) is 4.79 Å². The monoisotopic (exact) mass is 246 g/mol. The number of hydrogen-bond donors (Lipinski definition) is 2. The minimum atomic E-state index is -0.617. The van der Waals surface area contributed by atoms with Gasteiger partial charge < -0.3 is 24.8 Å². The van der Waals surface area contributed by atoms with Crippen molar-refractivity contribution in [2.75, 3.05) is 46.1 Å². The van der Waals surface area contributed by atoms with Gasteiger partial charge in [0, 0.05) is 26.1 Å². The van der Waals surface area contributed by atoms with Crippen molar-refractivity contribution in [3.05, 3.63) is 0 Å². The largest absolute Gasteiger partial charge is 0.447 e. The highest BCUT2D eigenvalue weighted by atomic mass is 16.6. The molecule has 0 aromatic heterocycles. The Labute approximate surface area is 99.7 Å². The maximum Gasteiger partial charge on any atom is 0.407 e. The molecule has 7 nitrogen and oxygen atoms in total. The van der Waals surface area contributed by atoms with Crippen LogP contribution in [0.4, 0.5) is 4.79 Å². The molecule has 1 rings (SSSR count). The van der Waals surface area contributed by atoms with Crippen molar-refractivity contribution in [1.29, 1.82) is 0 Å². The minimum absolute atomic E-state index is 0.00393. The second-order valence-electron chi connectivity index (χ2n) is 3.53. The number of aliphatic hydroxyl groups excluding tert-OH is 1. The van der Waals surface area contributed by atoms with Gasteiger partial charge in [-0.15, -0.1) is 0 Å². The normalized spacial score (nSPS) is 15.5. The molecular formula is C10H18N2O5. The molecule has 2 amide bonds. The van der Waals surface area contributed by atoms with Gasteiger partial charge in [-0.1, -0.05) is 0 Å². The summed E-state index contributed by atoms with van der Waals surface area (Å²) >= 11 is 0. The maximum absolute atomic E-state index is 11.6. The number of nitrogens with zero attached hydrogens (tertiary/aromatic N) is 1. The van der Waals surface area contributed by atoms with Crippen molar-refractivity contribution in [1.82, 2.24) is 10.2 Å². The van der Waals surface area contributed by atoms with Gasteiger partial charge in [0.2, 0.25) is 5.91 Å². The SMILES string of the molecule is O=C(NCCC(=O)N1CCOCC1)OCCO. The van der Waals surface area contributed by atoms with Crippen molar-refractivity contribution in [3.8, 4) is 0 Å². The Balaban J connectivity index is 2.08. The van der Waals surface area contributed by atoms with Crippen LogP contribution in [0.15, 0.2) is 0 Å². The molecule has 0 atom stereocenters. The summed E-state index contributed by atoms with van der Waals surface area (Å²) in [4.78, 5) is 24.3. The third-order valence-electron chi connectivity index (χ3n) is 2.30. The number of aliphatic hydroxyl groups is 1. The Hall–Kier alpha value is -1.34. The first-order valence-electron chi connectivity index (χ1n) is 5.61. The highest BCUT2D eigenvalue weighted by Crippen LogP contribution is 1.99. The van der Waals surface area contributed by atoms with E-state index in [4.69, 9.17) is 9.84 Å². The van der Waals surface area contributed by atoms with E-state index in [1.807, 2.05) is 0 Å². The standard InChI is InChI=1S/C10H18N2O5/c13-5-8-17-10(15)11-2-1-9(14)12-3-6-16-7-4-12/h13H,1-8H2,(H,11,15). The van der Waals surface area contributed by atoms with E-state index in [0.29, 0.717) is 26.3 Å². The van der Waals surface area contributed by atoms with Gasteiger partial charge in [0.05, 0.1) is 19.8 Å². The fourth-order valence-corrected chi connectivity index (χ4v) is 1.43. The van der Waals surface area contributed by atoms with E-state index in [1.165, 1.54) is 0 Å². The van der Waals surface area contributed by atoms with Gasteiger partial charge in [0.25, 0.3) is 0 Å². The van der Waals surface area contributed by atoms with Crippen LogP contribution in [-0.2, 0) is 14.3 Å². The fourth-order valence-electron chi connectivity index (χ4n) is 1.43. The van der Waals surface area contributed by atoms with E-state index in [2.05, 4.69) is 10.1 Å². The number of carbonyl (C=O) groups is 2. The Kier molecular flexibility index (Phi) is 6.34. The van der Waals surface area contributed by atoms with Crippen LogP contribution >= 0.6 is 0 Å². The van der Waals surface area contributed by atoms with Crippen molar-refractivity contribution in [2.45, 2.75) is 6.42 Å². The number of alkyl carbamates (subject to hydrolysis) is 1. The Morgan fingerprint density at radius 3 is 2.71 bits per heavy atom. The van der Waals surface area contributed by atoms with Crippen LogP contribution in [0.2, 0.25) is 0 Å². The number of amides is 2. The summed E-state index contributed by atoms with van der Waals surface area (Å²) in [7, 11) is 0. The molecule has 1 aliphatic rings. The fraction of sp³-hybridized carbons (Fsp3) is 0.800. The van der Waals surface area contributed by atoms with Crippen molar-refractivity contribution < 1.29 is 24.2 Å². The molecule has 1 aliphatic heterocycles. The van der Waals surface area contributed by atoms with Crippen molar-refractivity contribution in [2.24, 2.45) is 0 Å². The minimum Gasteiger partial charge on any atom is -0.447 e. The molecule has 0 spiro atoms. The van der Waals surface area contributed by atoms with E-state index in [1.54, 1.807) is 4.90 Å². The first-order valence-corrected chi connectivity index (χ1v) is 5.61. The summed E-state index contributed by atoms with van der Waals surface area (Å²) in [6.07, 6.45) is -0.373. The summed E-state index contributed by atoms with van der Waals surface area (Å²) in [6, 6.07) is 0. The first kappa shape index (κ1) is 13.7. The zero-order valence-electron chi connectivity index (χ0n) is 9.68. The number of morpholine rings is 1. The molecule has 2 N–H and O–H groups in total. The molecule has 1 heterocycles. The third-order valence-corrected chi connectivity index (χ3v) is 2.30. The Bertz CT molecular complexity index is 253. The second kappa shape index (κ2) is 7.86. The number of nitrogens with one attached hydrogen (secondary N) is 1. The first-order chi connectivity index (χ1) is 8.24. The van der Waals surface area contributed by atoms with Crippen LogP contribution in [0.3, 0.4) is 0 Å². The second-order valence-corrected chi connectivity index (χ2v) is 3.53. The summed E-state index contributed by atoms with van der Waals surface area (Å²) in [5.41, 5.74) is 0. The van der Waals surface area contributed by atoms with Crippen LogP contribution < -0.4 is 5.32 Å². The molecule has 0 saturated carbocycles. The van der Waals surface area contributed by atoms with Gasteiger partial charge in [0.15, 0.2) is 0 Å². The average molecular weight is 246 g/mol. The molecule has 0 unspecified atom stereocenters. The van der Waals surface area contributed by atoms with Crippen LogP contribution in [0.25, 0.3) is 0 Å². The number of carbonyl (C=O) groups excluding carboxylic acids is 2. The summed E-state index contributed by atoms with van der Waals surface area (Å²) < 4.78 is 9.70. The highest BCUT2D eigenvalue weighted by molar-refractivity contribution is 5.77. The van der Waals surface area contributed by atoms with Crippen LogP contribution in [-0.4, -0.2) is 68.1 Å². The highest BCUT2D eigenvalue weighted by Gasteiger charge is 2.16. The van der Waals surface area contributed by atoms with Gasteiger partial charge in [0.1, 0.15) is 6.61 Å². The number of rotatable bonds is 5. The van der Waals surface area contributed by atoms with Gasteiger partial charge >= 0.3 is 6.09 Å². The van der Waals surface area contributed by atoms with Gasteiger partial charge in [-0.2, -0.15) is 0 Å². The van der Waals surface area contributed by atoms with E-state index in [9.17, 15) is 9.59 Å². The molecule has 98 valence electrons. The molecule has 17 heavy (non-hydrogen) atoms. The van der Waals surface area contributed by atoms with Crippen molar-refractivity contribution in [3.63, 3.8) is 0 Å². The predicted molar refractivity (Wildman–Crippen MR) is 58.5 cm³/mol. The lowest BCUT2D eigenvalue weighted by Crippen LogP contribution is -2.42. The quantitative estimate of drug-likeness (QED) is 0.646. The smallest absolute Gasteiger partial charge is 0.407 e. The van der Waals surface area contributed by atoms with E-state index < -0.39 is 6.09 Å². The average Bonchev–Trinajstić information content (AvgIpc) is 2.37. The lowest BCUT2D eigenvalue weighted by molar-refractivity contribution is -0.135. The lowest BCUT2D eigenvalue weighted by Gasteiger charge is -2.26. The van der Waals surface area contributed by atoms with Crippen LogP contribution in [0.5, 0.6) is 0 Å². The van der Waals surface area contributed by atoms with Crippen LogP contribution in [0, 0.1) is 0 Å². The maximum atomic E-state index is 11.6. The number of hydrogen-bond acceptors (Lipinski definition) is 5. The molecule has 7 heteroatoms. The van der Waals surface area contributed by atoms with Gasteiger partial charge in [-0.25, -0.2) is 4.79 Å². The molecule has 0 aliphatic carbocycles.